The average molecular weight is 463 g/mol. The number of nitrogens with zero attached hydrogens (tertiary/aromatic N) is 1. The minimum absolute atomic E-state index is 0.158. The molecule has 1 aromatic carbocycles. The number of hydrogen-bond donors (Lipinski definition) is 1. The van der Waals surface area contributed by atoms with Gasteiger partial charge in [0.15, 0.2) is 0 Å². The first-order chi connectivity index (χ1) is 13.0. The molecule has 0 atom stereocenters. The number of carbonyl (C=O) groups excluding carboxylic acids is 2. The van der Waals surface area contributed by atoms with Crippen molar-refractivity contribution in [3.05, 3.63) is 28.2 Å². The first-order valence-corrected chi connectivity index (χ1v) is 9.82. The molecular formula is C19H25BrF2N2O4. The minimum Gasteiger partial charge on any atom is -0.492 e. The zero-order chi connectivity index (χ0) is 20.9. The van der Waals surface area contributed by atoms with Gasteiger partial charge in [0, 0.05) is 23.0 Å². The van der Waals surface area contributed by atoms with Gasteiger partial charge in [0.2, 0.25) is 0 Å². The number of ether oxygens (including phenoxy) is 2. The summed E-state index contributed by atoms with van der Waals surface area (Å²) in [5.74, 6) is -2.92. The topological polar surface area (TPSA) is 67.9 Å². The molecular weight excluding hydrogens is 438 g/mol. The van der Waals surface area contributed by atoms with Gasteiger partial charge in [-0.15, -0.1) is 0 Å². The molecule has 2 rings (SSSR count). The predicted octanol–water partition coefficient (Wildman–Crippen LogP) is 4.22. The number of alkyl carbamates (subject to hydrolysis) is 1. The van der Waals surface area contributed by atoms with Crippen molar-refractivity contribution < 1.29 is 27.8 Å². The van der Waals surface area contributed by atoms with E-state index in [-0.39, 0.29) is 31.6 Å². The van der Waals surface area contributed by atoms with Crippen LogP contribution < -0.4 is 10.1 Å². The zero-order valence-electron chi connectivity index (χ0n) is 16.2. The Kier molecular flexibility index (Phi) is 7.25. The molecule has 1 aliphatic rings. The Morgan fingerprint density at radius 2 is 2.00 bits per heavy atom. The van der Waals surface area contributed by atoms with Crippen molar-refractivity contribution in [2.45, 2.75) is 45.1 Å². The summed E-state index contributed by atoms with van der Waals surface area (Å²) in [4.78, 5) is 25.3. The van der Waals surface area contributed by atoms with E-state index in [4.69, 9.17) is 9.47 Å². The van der Waals surface area contributed by atoms with Crippen LogP contribution in [0.5, 0.6) is 5.75 Å². The largest absolute Gasteiger partial charge is 0.492 e. The Hall–Kier alpha value is -1.90. The van der Waals surface area contributed by atoms with Crippen LogP contribution in [0.15, 0.2) is 22.7 Å². The Bertz CT molecular complexity index is 722. The number of benzene rings is 1. The van der Waals surface area contributed by atoms with Gasteiger partial charge in [-0.1, -0.05) is 15.9 Å². The van der Waals surface area contributed by atoms with Gasteiger partial charge in [0.25, 0.3) is 11.8 Å². The van der Waals surface area contributed by atoms with E-state index >= 15 is 0 Å². The summed E-state index contributed by atoms with van der Waals surface area (Å²) in [7, 11) is 0. The van der Waals surface area contributed by atoms with Crippen LogP contribution in [0.4, 0.5) is 13.6 Å². The number of nitrogens with one attached hydrogen (secondary N) is 1. The highest BCUT2D eigenvalue weighted by Crippen LogP contribution is 2.29. The second-order valence-electron chi connectivity index (χ2n) is 7.64. The standard InChI is InChI=1S/C19H25BrF2N2O4/c1-18(2,3)28-17(26)23-6-8-27-15-10-13(9-14(20)11-15)16(25)24-7-4-5-19(21,22)12-24/h9-11H,4-8,12H2,1-3H3,(H,23,26). The van der Waals surface area contributed by atoms with Crippen molar-refractivity contribution in [3.63, 3.8) is 0 Å². The average Bonchev–Trinajstić information content (AvgIpc) is 2.55. The van der Waals surface area contributed by atoms with Crippen LogP contribution in [-0.4, -0.2) is 54.7 Å². The summed E-state index contributed by atoms with van der Waals surface area (Å²) in [6, 6.07) is 4.74. The molecule has 1 N–H and O–H groups in total. The lowest BCUT2D eigenvalue weighted by molar-refractivity contribution is -0.0560. The van der Waals surface area contributed by atoms with Gasteiger partial charge < -0.3 is 19.7 Å². The molecule has 0 spiro atoms. The van der Waals surface area contributed by atoms with Crippen LogP contribution in [0, 0.1) is 0 Å². The van der Waals surface area contributed by atoms with E-state index in [0.717, 1.165) is 0 Å². The highest BCUT2D eigenvalue weighted by molar-refractivity contribution is 9.10. The molecule has 1 aromatic rings. The highest BCUT2D eigenvalue weighted by atomic mass is 79.9. The van der Waals surface area contributed by atoms with Crippen molar-refractivity contribution in [2.75, 3.05) is 26.2 Å². The predicted molar refractivity (Wildman–Crippen MR) is 104 cm³/mol. The summed E-state index contributed by atoms with van der Waals surface area (Å²) in [5.41, 5.74) is -0.322. The molecule has 9 heteroatoms. The first kappa shape index (κ1) is 22.4. The number of halogens is 3. The molecule has 1 fully saturated rings. The molecule has 0 aliphatic carbocycles. The molecule has 0 saturated carbocycles. The molecule has 1 heterocycles. The van der Waals surface area contributed by atoms with Crippen molar-refractivity contribution in [1.82, 2.24) is 10.2 Å². The maximum absolute atomic E-state index is 13.6. The Morgan fingerprint density at radius 3 is 2.64 bits per heavy atom. The van der Waals surface area contributed by atoms with Gasteiger partial charge >= 0.3 is 6.09 Å². The third-order valence-electron chi connectivity index (χ3n) is 3.84. The van der Waals surface area contributed by atoms with Crippen molar-refractivity contribution in [3.8, 4) is 5.75 Å². The Labute approximate surface area is 171 Å². The number of hydrogen-bond acceptors (Lipinski definition) is 4. The summed E-state index contributed by atoms with van der Waals surface area (Å²) < 4.78 is 38.5. The summed E-state index contributed by atoms with van der Waals surface area (Å²) in [6.07, 6.45) is -0.479. The third-order valence-corrected chi connectivity index (χ3v) is 4.30. The summed E-state index contributed by atoms with van der Waals surface area (Å²) in [6.45, 7) is 5.39. The van der Waals surface area contributed by atoms with E-state index in [9.17, 15) is 18.4 Å². The van der Waals surface area contributed by atoms with Gasteiger partial charge in [-0.25, -0.2) is 13.6 Å². The second-order valence-corrected chi connectivity index (χ2v) is 8.55. The number of carbonyl (C=O) groups is 2. The fraction of sp³-hybridized carbons (Fsp3) is 0.579. The molecule has 6 nitrogen and oxygen atoms in total. The maximum atomic E-state index is 13.6. The number of rotatable bonds is 5. The van der Waals surface area contributed by atoms with Gasteiger partial charge in [0.1, 0.15) is 18.0 Å². The van der Waals surface area contributed by atoms with Gasteiger partial charge in [-0.3, -0.25) is 4.79 Å². The number of piperidine rings is 1. The van der Waals surface area contributed by atoms with E-state index in [2.05, 4.69) is 21.2 Å². The SMILES string of the molecule is CC(C)(C)OC(=O)NCCOc1cc(Br)cc(C(=O)N2CCCC(F)(F)C2)c1. The summed E-state index contributed by atoms with van der Waals surface area (Å²) in [5, 5.41) is 2.57. The zero-order valence-corrected chi connectivity index (χ0v) is 17.8. The van der Waals surface area contributed by atoms with E-state index in [1.165, 1.54) is 11.0 Å². The van der Waals surface area contributed by atoms with E-state index in [1.54, 1.807) is 32.9 Å². The normalized spacial score (nSPS) is 16.4. The van der Waals surface area contributed by atoms with Crippen molar-refractivity contribution >= 4 is 27.9 Å². The maximum Gasteiger partial charge on any atom is 0.407 e. The first-order valence-electron chi connectivity index (χ1n) is 9.03. The van der Waals surface area contributed by atoms with Crippen LogP contribution >= 0.6 is 15.9 Å². The molecule has 0 bridgehead atoms. The molecule has 0 unspecified atom stereocenters. The molecule has 0 aromatic heterocycles. The summed E-state index contributed by atoms with van der Waals surface area (Å²) >= 11 is 3.30. The van der Waals surface area contributed by atoms with Crippen LogP contribution in [0.3, 0.4) is 0 Å². The number of alkyl halides is 2. The molecule has 2 amide bonds. The molecule has 0 radical (unpaired) electrons. The quantitative estimate of drug-likeness (QED) is 0.664. The van der Waals surface area contributed by atoms with E-state index < -0.39 is 30.1 Å². The Balaban J connectivity index is 1.92. The van der Waals surface area contributed by atoms with Gasteiger partial charge in [-0.2, -0.15) is 0 Å². The smallest absolute Gasteiger partial charge is 0.407 e. The molecule has 1 saturated heterocycles. The highest BCUT2D eigenvalue weighted by Gasteiger charge is 2.37. The fourth-order valence-corrected chi connectivity index (χ4v) is 3.20. The van der Waals surface area contributed by atoms with Crippen molar-refractivity contribution in [2.24, 2.45) is 0 Å². The monoisotopic (exact) mass is 462 g/mol. The second kappa shape index (κ2) is 9.07. The van der Waals surface area contributed by atoms with Crippen LogP contribution in [-0.2, 0) is 4.74 Å². The van der Waals surface area contributed by atoms with E-state index in [0.29, 0.717) is 16.8 Å². The molecule has 1 aliphatic heterocycles. The van der Waals surface area contributed by atoms with Crippen LogP contribution in [0.25, 0.3) is 0 Å². The van der Waals surface area contributed by atoms with Gasteiger partial charge in [-0.05, 0) is 45.4 Å². The lowest BCUT2D eigenvalue weighted by Gasteiger charge is -2.32. The van der Waals surface area contributed by atoms with Crippen molar-refractivity contribution in [1.29, 1.82) is 0 Å². The number of likely N-dealkylation sites (tertiary alicyclic amines) is 1. The fourth-order valence-electron chi connectivity index (χ4n) is 2.73. The lowest BCUT2D eigenvalue weighted by atomic mass is 10.1. The lowest BCUT2D eigenvalue weighted by Crippen LogP contribution is -2.45. The van der Waals surface area contributed by atoms with E-state index in [1.807, 2.05) is 0 Å². The molecule has 28 heavy (non-hydrogen) atoms. The van der Waals surface area contributed by atoms with Crippen LogP contribution in [0.2, 0.25) is 0 Å². The van der Waals surface area contributed by atoms with Crippen LogP contribution in [0.1, 0.15) is 44.0 Å². The third kappa shape index (κ3) is 7.26. The number of amides is 2. The van der Waals surface area contributed by atoms with Gasteiger partial charge in [0.05, 0.1) is 13.1 Å². The Morgan fingerprint density at radius 1 is 1.29 bits per heavy atom. The molecule has 156 valence electrons. The minimum atomic E-state index is -2.85.